The largest absolute Gasteiger partial charge is 0.325 e. The van der Waals surface area contributed by atoms with Crippen LogP contribution >= 0.6 is 0 Å². The SMILES string of the molecule is CC(C)NCc1ccc2c(c1)C(C)(C)C(=O)N2. The summed E-state index contributed by atoms with van der Waals surface area (Å²) in [5, 5.41) is 6.31. The Morgan fingerprint density at radius 3 is 2.71 bits per heavy atom. The van der Waals surface area contributed by atoms with Crippen molar-refractivity contribution in [2.24, 2.45) is 0 Å². The first-order chi connectivity index (χ1) is 7.91. The number of benzene rings is 1. The molecular formula is C14H20N2O. The minimum Gasteiger partial charge on any atom is -0.325 e. The molecule has 1 amide bonds. The van der Waals surface area contributed by atoms with Gasteiger partial charge in [-0.1, -0.05) is 26.0 Å². The number of amides is 1. The number of rotatable bonds is 3. The number of fused-ring (bicyclic) bond motifs is 1. The Morgan fingerprint density at radius 2 is 2.06 bits per heavy atom. The molecule has 0 unspecified atom stereocenters. The molecule has 2 N–H and O–H groups in total. The number of nitrogens with one attached hydrogen (secondary N) is 2. The zero-order valence-corrected chi connectivity index (χ0v) is 10.9. The van der Waals surface area contributed by atoms with Crippen molar-refractivity contribution in [2.75, 3.05) is 5.32 Å². The summed E-state index contributed by atoms with van der Waals surface area (Å²) < 4.78 is 0. The lowest BCUT2D eigenvalue weighted by atomic mass is 9.85. The minimum absolute atomic E-state index is 0.0847. The van der Waals surface area contributed by atoms with Crippen LogP contribution in [-0.4, -0.2) is 11.9 Å². The quantitative estimate of drug-likeness (QED) is 0.840. The highest BCUT2D eigenvalue weighted by Crippen LogP contribution is 2.37. The van der Waals surface area contributed by atoms with Gasteiger partial charge in [0.05, 0.1) is 5.41 Å². The lowest BCUT2D eigenvalue weighted by Crippen LogP contribution is -2.27. The van der Waals surface area contributed by atoms with E-state index in [9.17, 15) is 4.79 Å². The molecule has 1 aromatic rings. The smallest absolute Gasteiger partial charge is 0.234 e. The van der Waals surface area contributed by atoms with Crippen LogP contribution in [0.15, 0.2) is 18.2 Å². The molecule has 2 rings (SSSR count). The van der Waals surface area contributed by atoms with E-state index in [1.165, 1.54) is 5.56 Å². The second kappa shape index (κ2) is 4.15. The van der Waals surface area contributed by atoms with Crippen molar-refractivity contribution in [1.29, 1.82) is 0 Å². The van der Waals surface area contributed by atoms with E-state index in [1.54, 1.807) is 0 Å². The highest BCUT2D eigenvalue weighted by atomic mass is 16.2. The van der Waals surface area contributed by atoms with Crippen LogP contribution in [0.25, 0.3) is 0 Å². The highest BCUT2D eigenvalue weighted by molar-refractivity contribution is 6.05. The van der Waals surface area contributed by atoms with Gasteiger partial charge in [-0.15, -0.1) is 0 Å². The number of hydrogen-bond donors (Lipinski definition) is 2. The zero-order valence-electron chi connectivity index (χ0n) is 10.9. The van der Waals surface area contributed by atoms with Gasteiger partial charge in [0.15, 0.2) is 0 Å². The first-order valence-electron chi connectivity index (χ1n) is 6.09. The number of carbonyl (C=O) groups is 1. The van der Waals surface area contributed by atoms with Crippen molar-refractivity contribution in [3.8, 4) is 0 Å². The molecule has 0 saturated carbocycles. The van der Waals surface area contributed by atoms with E-state index in [0.29, 0.717) is 6.04 Å². The monoisotopic (exact) mass is 232 g/mol. The first kappa shape index (κ1) is 12.1. The van der Waals surface area contributed by atoms with Crippen LogP contribution in [0, 0.1) is 0 Å². The zero-order chi connectivity index (χ0) is 12.6. The van der Waals surface area contributed by atoms with Gasteiger partial charge in [0, 0.05) is 18.3 Å². The first-order valence-corrected chi connectivity index (χ1v) is 6.09. The van der Waals surface area contributed by atoms with E-state index in [2.05, 4.69) is 36.6 Å². The van der Waals surface area contributed by atoms with Gasteiger partial charge < -0.3 is 10.6 Å². The summed E-state index contributed by atoms with van der Waals surface area (Å²) in [4.78, 5) is 11.8. The van der Waals surface area contributed by atoms with E-state index in [1.807, 2.05) is 19.9 Å². The third-order valence-corrected chi connectivity index (χ3v) is 3.29. The molecule has 1 aliphatic heterocycles. The van der Waals surface area contributed by atoms with Crippen LogP contribution in [0.2, 0.25) is 0 Å². The van der Waals surface area contributed by atoms with Crippen molar-refractivity contribution in [2.45, 2.75) is 45.7 Å². The average Bonchev–Trinajstić information content (AvgIpc) is 2.48. The molecule has 1 aromatic carbocycles. The fourth-order valence-corrected chi connectivity index (χ4v) is 2.05. The molecule has 0 aromatic heterocycles. The number of anilines is 1. The lowest BCUT2D eigenvalue weighted by Gasteiger charge is -2.16. The van der Waals surface area contributed by atoms with E-state index < -0.39 is 5.41 Å². The molecule has 92 valence electrons. The second-order valence-corrected chi connectivity index (χ2v) is 5.49. The van der Waals surface area contributed by atoms with Crippen LogP contribution in [0.5, 0.6) is 0 Å². The molecule has 17 heavy (non-hydrogen) atoms. The van der Waals surface area contributed by atoms with Gasteiger partial charge in [-0.25, -0.2) is 0 Å². The van der Waals surface area contributed by atoms with Gasteiger partial charge >= 0.3 is 0 Å². The predicted octanol–water partition coefficient (Wildman–Crippen LogP) is 2.41. The van der Waals surface area contributed by atoms with E-state index in [-0.39, 0.29) is 5.91 Å². The van der Waals surface area contributed by atoms with Crippen molar-refractivity contribution in [3.05, 3.63) is 29.3 Å². The molecule has 1 heterocycles. The Labute approximate surface area is 103 Å². The molecule has 0 atom stereocenters. The Kier molecular flexibility index (Phi) is 2.96. The van der Waals surface area contributed by atoms with Gasteiger partial charge in [-0.2, -0.15) is 0 Å². The van der Waals surface area contributed by atoms with Gasteiger partial charge in [0.1, 0.15) is 0 Å². The Morgan fingerprint density at radius 1 is 1.35 bits per heavy atom. The molecule has 3 nitrogen and oxygen atoms in total. The Hall–Kier alpha value is -1.35. The predicted molar refractivity (Wildman–Crippen MR) is 70.1 cm³/mol. The van der Waals surface area contributed by atoms with Gasteiger partial charge in [-0.05, 0) is 31.0 Å². The van der Waals surface area contributed by atoms with Gasteiger partial charge in [-0.3, -0.25) is 4.79 Å². The molecule has 3 heteroatoms. The molecule has 0 aliphatic carbocycles. The standard InChI is InChI=1S/C14H20N2O/c1-9(2)15-8-10-5-6-12-11(7-10)14(3,4)13(17)16-12/h5-7,9,15H,8H2,1-4H3,(H,16,17). The number of carbonyl (C=O) groups excluding carboxylic acids is 1. The average molecular weight is 232 g/mol. The molecule has 0 bridgehead atoms. The minimum atomic E-state index is -0.414. The van der Waals surface area contributed by atoms with E-state index >= 15 is 0 Å². The summed E-state index contributed by atoms with van der Waals surface area (Å²) in [6.45, 7) is 9.03. The van der Waals surface area contributed by atoms with Crippen LogP contribution in [0.1, 0.15) is 38.8 Å². The van der Waals surface area contributed by atoms with Crippen molar-refractivity contribution < 1.29 is 4.79 Å². The van der Waals surface area contributed by atoms with E-state index in [0.717, 1.165) is 17.8 Å². The topological polar surface area (TPSA) is 41.1 Å². The summed E-state index contributed by atoms with van der Waals surface area (Å²) >= 11 is 0. The van der Waals surface area contributed by atoms with Gasteiger partial charge in [0.2, 0.25) is 5.91 Å². The van der Waals surface area contributed by atoms with Crippen LogP contribution < -0.4 is 10.6 Å². The summed E-state index contributed by atoms with van der Waals surface area (Å²) in [7, 11) is 0. The molecule has 1 aliphatic rings. The Bertz CT molecular complexity index is 450. The maximum Gasteiger partial charge on any atom is 0.234 e. The van der Waals surface area contributed by atoms with Crippen LogP contribution in [0.3, 0.4) is 0 Å². The summed E-state index contributed by atoms with van der Waals surface area (Å²) in [5.41, 5.74) is 2.87. The third-order valence-electron chi connectivity index (χ3n) is 3.29. The number of hydrogen-bond acceptors (Lipinski definition) is 2. The summed E-state index contributed by atoms with van der Waals surface area (Å²) in [6.07, 6.45) is 0. The summed E-state index contributed by atoms with van der Waals surface area (Å²) in [5.74, 6) is 0.0847. The normalized spacial score (nSPS) is 17.1. The van der Waals surface area contributed by atoms with Crippen molar-refractivity contribution >= 4 is 11.6 Å². The fourth-order valence-electron chi connectivity index (χ4n) is 2.05. The Balaban J connectivity index is 2.26. The molecule has 0 spiro atoms. The van der Waals surface area contributed by atoms with Crippen molar-refractivity contribution in [3.63, 3.8) is 0 Å². The van der Waals surface area contributed by atoms with E-state index in [4.69, 9.17) is 0 Å². The van der Waals surface area contributed by atoms with Crippen LogP contribution in [-0.2, 0) is 16.8 Å². The molecule has 0 saturated heterocycles. The third kappa shape index (κ3) is 2.20. The molecular weight excluding hydrogens is 212 g/mol. The second-order valence-electron chi connectivity index (χ2n) is 5.49. The highest BCUT2D eigenvalue weighted by Gasteiger charge is 2.38. The lowest BCUT2D eigenvalue weighted by molar-refractivity contribution is -0.119. The maximum absolute atomic E-state index is 11.8. The maximum atomic E-state index is 11.8. The molecule has 0 fully saturated rings. The fraction of sp³-hybridized carbons (Fsp3) is 0.500. The van der Waals surface area contributed by atoms with Crippen molar-refractivity contribution in [1.82, 2.24) is 5.32 Å². The van der Waals surface area contributed by atoms with Crippen LogP contribution in [0.4, 0.5) is 5.69 Å². The summed E-state index contributed by atoms with van der Waals surface area (Å²) in [6, 6.07) is 6.66. The van der Waals surface area contributed by atoms with Gasteiger partial charge in [0.25, 0.3) is 0 Å². The molecule has 0 radical (unpaired) electrons.